The summed E-state index contributed by atoms with van der Waals surface area (Å²) in [6.07, 6.45) is 6.56. The molecule has 1 saturated carbocycles. The molecule has 1 fully saturated rings. The summed E-state index contributed by atoms with van der Waals surface area (Å²) < 4.78 is 5.33. The normalized spacial score (nSPS) is 18.8. The van der Waals surface area contributed by atoms with Crippen LogP contribution in [0.25, 0.3) is 0 Å². The fourth-order valence-electron chi connectivity index (χ4n) is 2.46. The topological polar surface area (TPSA) is 38.5 Å². The third-order valence-electron chi connectivity index (χ3n) is 3.74. The van der Waals surface area contributed by atoms with Crippen LogP contribution in [0.5, 0.6) is 0 Å². The number of likely N-dealkylation sites (N-methyl/N-ethyl adjacent to an activating group) is 1. The molecule has 0 aromatic carbocycles. The third kappa shape index (κ3) is 4.40. The maximum Gasteiger partial charge on any atom is 0.0618 e. The molecule has 1 rings (SSSR count). The van der Waals surface area contributed by atoms with Crippen molar-refractivity contribution in [1.29, 1.82) is 0 Å². The molecule has 1 aliphatic rings. The lowest BCUT2D eigenvalue weighted by molar-refractivity contribution is 0.0654. The summed E-state index contributed by atoms with van der Waals surface area (Å²) in [6, 6.07) is 0.569. The zero-order valence-electron chi connectivity index (χ0n) is 11.0. The molecule has 0 heterocycles. The van der Waals surface area contributed by atoms with Crippen LogP contribution in [0.3, 0.4) is 0 Å². The summed E-state index contributed by atoms with van der Waals surface area (Å²) in [5.41, 5.74) is 5.59. The molecule has 0 spiro atoms. The summed E-state index contributed by atoms with van der Waals surface area (Å²) in [6.45, 7) is 6.29. The monoisotopic (exact) mass is 228 g/mol. The average Bonchev–Trinajstić information content (AvgIpc) is 2.24. The maximum atomic E-state index is 5.59. The number of ether oxygens (including phenoxy) is 1. The van der Waals surface area contributed by atoms with Crippen LogP contribution in [0.15, 0.2) is 0 Å². The Bertz CT molecular complexity index is 171. The minimum Gasteiger partial charge on any atom is -0.383 e. The lowest BCUT2D eigenvalue weighted by atomic mass is 9.84. The molecule has 1 atom stereocenters. The number of hydrogen-bond acceptors (Lipinski definition) is 3. The van der Waals surface area contributed by atoms with Gasteiger partial charge in [0.15, 0.2) is 0 Å². The molecule has 1 aliphatic carbocycles. The Labute approximate surface area is 100 Å². The van der Waals surface area contributed by atoms with Gasteiger partial charge in [0.2, 0.25) is 0 Å². The molecule has 16 heavy (non-hydrogen) atoms. The van der Waals surface area contributed by atoms with E-state index in [0.717, 1.165) is 32.0 Å². The number of methoxy groups -OCH3 is 1. The first-order valence-corrected chi connectivity index (χ1v) is 6.74. The van der Waals surface area contributed by atoms with Crippen molar-refractivity contribution in [3.8, 4) is 0 Å². The number of rotatable bonds is 9. The van der Waals surface area contributed by atoms with Gasteiger partial charge in [0.25, 0.3) is 0 Å². The van der Waals surface area contributed by atoms with Crippen molar-refractivity contribution in [2.45, 2.75) is 45.1 Å². The molecule has 96 valence electrons. The molecular formula is C13H28N2O. The highest BCUT2D eigenvalue weighted by molar-refractivity contribution is 4.78. The minimum atomic E-state index is 0.569. The van der Waals surface area contributed by atoms with E-state index in [0.29, 0.717) is 6.04 Å². The first kappa shape index (κ1) is 13.9. The Morgan fingerprint density at radius 3 is 2.62 bits per heavy atom. The molecule has 1 unspecified atom stereocenters. The van der Waals surface area contributed by atoms with Crippen LogP contribution in [-0.4, -0.2) is 44.3 Å². The molecule has 0 aromatic rings. The fourth-order valence-corrected chi connectivity index (χ4v) is 2.46. The predicted octanol–water partition coefficient (Wildman–Crippen LogP) is 1.86. The van der Waals surface area contributed by atoms with Gasteiger partial charge in [0, 0.05) is 19.7 Å². The Morgan fingerprint density at radius 1 is 1.44 bits per heavy atom. The Kier molecular flexibility index (Phi) is 7.01. The van der Waals surface area contributed by atoms with Gasteiger partial charge in [-0.05, 0) is 44.7 Å². The van der Waals surface area contributed by atoms with Gasteiger partial charge < -0.3 is 10.5 Å². The smallest absolute Gasteiger partial charge is 0.0618 e. The molecule has 0 bridgehead atoms. The quantitative estimate of drug-likeness (QED) is 0.654. The first-order chi connectivity index (χ1) is 7.81. The van der Waals surface area contributed by atoms with Gasteiger partial charge in [0.1, 0.15) is 0 Å². The second-order valence-corrected chi connectivity index (χ2v) is 4.92. The van der Waals surface area contributed by atoms with Crippen molar-refractivity contribution in [2.24, 2.45) is 11.7 Å². The fraction of sp³-hybridized carbons (Fsp3) is 1.00. The van der Waals surface area contributed by atoms with E-state index < -0.39 is 0 Å². The summed E-state index contributed by atoms with van der Waals surface area (Å²) in [5.74, 6) is 0.942. The second kappa shape index (κ2) is 8.04. The van der Waals surface area contributed by atoms with Crippen molar-refractivity contribution in [1.82, 2.24) is 4.90 Å². The van der Waals surface area contributed by atoms with E-state index in [1.54, 1.807) is 7.11 Å². The second-order valence-electron chi connectivity index (χ2n) is 4.92. The lowest BCUT2D eigenvalue weighted by Gasteiger charge is -2.36. The minimum absolute atomic E-state index is 0.569. The highest BCUT2D eigenvalue weighted by Crippen LogP contribution is 2.28. The highest BCUT2D eigenvalue weighted by atomic mass is 16.5. The van der Waals surface area contributed by atoms with Crippen molar-refractivity contribution < 1.29 is 4.74 Å². The first-order valence-electron chi connectivity index (χ1n) is 6.74. The van der Waals surface area contributed by atoms with Crippen LogP contribution in [0, 0.1) is 5.92 Å². The molecule has 0 aromatic heterocycles. The SMILES string of the molecule is CCN(CC1CCC1)C(CCCN)COC. The van der Waals surface area contributed by atoms with Crippen LogP contribution in [0.2, 0.25) is 0 Å². The molecule has 3 nitrogen and oxygen atoms in total. The van der Waals surface area contributed by atoms with Gasteiger partial charge in [-0.3, -0.25) is 4.90 Å². The summed E-state index contributed by atoms with van der Waals surface area (Å²) in [4.78, 5) is 2.59. The van der Waals surface area contributed by atoms with Gasteiger partial charge in [-0.15, -0.1) is 0 Å². The van der Waals surface area contributed by atoms with Crippen molar-refractivity contribution >= 4 is 0 Å². The largest absolute Gasteiger partial charge is 0.383 e. The predicted molar refractivity (Wildman–Crippen MR) is 68.5 cm³/mol. The lowest BCUT2D eigenvalue weighted by Crippen LogP contribution is -2.42. The molecule has 0 aliphatic heterocycles. The molecule has 3 heteroatoms. The van der Waals surface area contributed by atoms with E-state index in [1.807, 2.05) is 0 Å². The number of hydrogen-bond donors (Lipinski definition) is 1. The van der Waals surface area contributed by atoms with Crippen LogP contribution < -0.4 is 5.73 Å². The number of nitrogens with two attached hydrogens (primary N) is 1. The standard InChI is InChI=1S/C13H28N2O/c1-3-15(10-12-6-4-7-12)13(11-16-2)8-5-9-14/h12-13H,3-11,14H2,1-2H3. The van der Waals surface area contributed by atoms with E-state index in [9.17, 15) is 0 Å². The summed E-state index contributed by atoms with van der Waals surface area (Å²) in [5, 5.41) is 0. The van der Waals surface area contributed by atoms with Gasteiger partial charge in [-0.1, -0.05) is 13.3 Å². The molecule has 2 N–H and O–H groups in total. The van der Waals surface area contributed by atoms with Crippen LogP contribution >= 0.6 is 0 Å². The van der Waals surface area contributed by atoms with Crippen LogP contribution in [0.1, 0.15) is 39.0 Å². The van der Waals surface area contributed by atoms with Gasteiger partial charge >= 0.3 is 0 Å². The van der Waals surface area contributed by atoms with E-state index in [2.05, 4.69) is 11.8 Å². The van der Waals surface area contributed by atoms with Gasteiger partial charge in [0.05, 0.1) is 6.61 Å². The summed E-state index contributed by atoms with van der Waals surface area (Å²) in [7, 11) is 1.80. The zero-order chi connectivity index (χ0) is 11.8. The Morgan fingerprint density at radius 2 is 2.19 bits per heavy atom. The van der Waals surface area contributed by atoms with E-state index in [1.165, 1.54) is 32.2 Å². The van der Waals surface area contributed by atoms with Crippen LogP contribution in [0.4, 0.5) is 0 Å². The number of nitrogens with zero attached hydrogens (tertiary/aromatic N) is 1. The Balaban J connectivity index is 2.35. The zero-order valence-corrected chi connectivity index (χ0v) is 11.0. The third-order valence-corrected chi connectivity index (χ3v) is 3.74. The highest BCUT2D eigenvalue weighted by Gasteiger charge is 2.24. The Hall–Kier alpha value is -0.120. The molecule has 0 amide bonds. The van der Waals surface area contributed by atoms with Gasteiger partial charge in [-0.2, -0.15) is 0 Å². The van der Waals surface area contributed by atoms with E-state index in [-0.39, 0.29) is 0 Å². The van der Waals surface area contributed by atoms with E-state index in [4.69, 9.17) is 10.5 Å². The molecule has 0 radical (unpaired) electrons. The van der Waals surface area contributed by atoms with E-state index >= 15 is 0 Å². The molecule has 0 saturated heterocycles. The maximum absolute atomic E-state index is 5.59. The molecular weight excluding hydrogens is 200 g/mol. The van der Waals surface area contributed by atoms with Crippen molar-refractivity contribution in [3.63, 3.8) is 0 Å². The van der Waals surface area contributed by atoms with Gasteiger partial charge in [-0.25, -0.2) is 0 Å². The van der Waals surface area contributed by atoms with Crippen molar-refractivity contribution in [2.75, 3.05) is 33.4 Å². The summed E-state index contributed by atoms with van der Waals surface area (Å²) >= 11 is 0. The van der Waals surface area contributed by atoms with Crippen molar-refractivity contribution in [3.05, 3.63) is 0 Å². The van der Waals surface area contributed by atoms with Crippen LogP contribution in [-0.2, 0) is 4.74 Å². The average molecular weight is 228 g/mol.